The number of phenolic OH excluding ortho intramolecular Hbond substituents is 4. The molecule has 0 saturated heterocycles. The van der Waals surface area contributed by atoms with Gasteiger partial charge in [0.1, 0.15) is 23.9 Å². The Labute approximate surface area is 126 Å². The summed E-state index contributed by atoms with van der Waals surface area (Å²) in [7, 11) is 0. The second-order valence-corrected chi connectivity index (χ2v) is 4.93. The van der Waals surface area contributed by atoms with Gasteiger partial charge in [-0.15, -0.1) is 0 Å². The minimum atomic E-state index is 0.0174. The molecule has 0 aliphatic heterocycles. The van der Waals surface area contributed by atoms with Crippen molar-refractivity contribution >= 4 is 0 Å². The Morgan fingerprint density at radius 3 is 2.23 bits per heavy atom. The second kappa shape index (κ2) is 5.00. The van der Waals surface area contributed by atoms with Crippen LogP contribution >= 0.6 is 0 Å². The second-order valence-electron chi connectivity index (χ2n) is 4.93. The lowest BCUT2D eigenvalue weighted by atomic mass is 10.2. The fourth-order valence-electron chi connectivity index (χ4n) is 2.38. The van der Waals surface area contributed by atoms with Gasteiger partial charge in [-0.3, -0.25) is 0 Å². The first-order valence-corrected chi connectivity index (χ1v) is 6.61. The Hall–Kier alpha value is -3.15. The third kappa shape index (κ3) is 2.20. The molecule has 6 heteroatoms. The summed E-state index contributed by atoms with van der Waals surface area (Å²) in [4.78, 5) is 0. The van der Waals surface area contributed by atoms with Crippen molar-refractivity contribution in [3.05, 3.63) is 54.6 Å². The highest BCUT2D eigenvalue weighted by atomic mass is 16.3. The van der Waals surface area contributed by atoms with Gasteiger partial charge >= 0.3 is 0 Å². The van der Waals surface area contributed by atoms with Crippen molar-refractivity contribution in [3.8, 4) is 34.4 Å². The highest BCUT2D eigenvalue weighted by molar-refractivity contribution is 5.50. The molecule has 22 heavy (non-hydrogen) atoms. The molecule has 0 aliphatic carbocycles. The Morgan fingerprint density at radius 2 is 1.50 bits per heavy atom. The molecule has 0 atom stereocenters. The first-order chi connectivity index (χ1) is 10.5. The van der Waals surface area contributed by atoms with Crippen molar-refractivity contribution in [3.63, 3.8) is 0 Å². The van der Waals surface area contributed by atoms with Gasteiger partial charge in [0.25, 0.3) is 5.82 Å². The molecule has 0 unspecified atom stereocenters. The van der Waals surface area contributed by atoms with Gasteiger partial charge in [0.05, 0.1) is 0 Å². The molecule has 2 aromatic carbocycles. The molecule has 0 saturated carbocycles. The predicted molar refractivity (Wildman–Crippen MR) is 78.7 cm³/mol. The fourth-order valence-corrected chi connectivity index (χ4v) is 2.38. The maximum absolute atomic E-state index is 9.96. The van der Waals surface area contributed by atoms with Gasteiger partial charge in [-0.1, -0.05) is 0 Å². The van der Waals surface area contributed by atoms with E-state index in [0.717, 1.165) is 0 Å². The number of aromatic nitrogens is 2. The molecule has 112 valence electrons. The average molecular weight is 299 g/mol. The SMILES string of the molecule is Cc1n(-c2cc(O)ccc2O)cc[n+]1-c1cc(O)ccc1O. The van der Waals surface area contributed by atoms with E-state index in [1.807, 2.05) is 0 Å². The predicted octanol–water partition coefficient (Wildman–Crippen LogP) is 1.88. The lowest BCUT2D eigenvalue weighted by Gasteiger charge is -2.05. The van der Waals surface area contributed by atoms with Crippen LogP contribution in [0.5, 0.6) is 23.0 Å². The van der Waals surface area contributed by atoms with Crippen LogP contribution in [0, 0.1) is 6.92 Å². The first kappa shape index (κ1) is 13.8. The van der Waals surface area contributed by atoms with Crippen LogP contribution in [-0.4, -0.2) is 25.0 Å². The largest absolute Gasteiger partial charge is 0.508 e. The number of benzene rings is 2. The zero-order chi connectivity index (χ0) is 15.9. The summed E-state index contributed by atoms with van der Waals surface area (Å²) >= 11 is 0. The number of phenols is 4. The van der Waals surface area contributed by atoms with Crippen LogP contribution in [0.4, 0.5) is 0 Å². The van der Waals surface area contributed by atoms with Gasteiger partial charge in [-0.25, -0.2) is 0 Å². The Bertz CT molecular complexity index is 786. The van der Waals surface area contributed by atoms with E-state index < -0.39 is 0 Å². The van der Waals surface area contributed by atoms with Crippen LogP contribution in [0.15, 0.2) is 48.8 Å². The van der Waals surface area contributed by atoms with Gasteiger partial charge in [-0.2, -0.15) is 9.13 Å². The minimum Gasteiger partial charge on any atom is -0.508 e. The van der Waals surface area contributed by atoms with Gasteiger partial charge in [-0.05, 0) is 24.3 Å². The van der Waals surface area contributed by atoms with Crippen molar-refractivity contribution in [2.24, 2.45) is 0 Å². The zero-order valence-electron chi connectivity index (χ0n) is 11.8. The maximum atomic E-state index is 9.96. The Balaban J connectivity index is 2.17. The summed E-state index contributed by atoms with van der Waals surface area (Å²) in [6.45, 7) is 1.78. The van der Waals surface area contributed by atoms with Crippen molar-refractivity contribution < 1.29 is 25.0 Å². The third-order valence-corrected chi connectivity index (χ3v) is 3.50. The lowest BCUT2D eigenvalue weighted by Crippen LogP contribution is -2.32. The minimum absolute atomic E-state index is 0.0174. The molecule has 3 rings (SSSR count). The molecule has 0 fully saturated rings. The average Bonchev–Trinajstić information content (AvgIpc) is 2.86. The van der Waals surface area contributed by atoms with E-state index in [2.05, 4.69) is 0 Å². The molecule has 0 spiro atoms. The van der Waals surface area contributed by atoms with Crippen molar-refractivity contribution in [2.45, 2.75) is 6.92 Å². The van der Waals surface area contributed by atoms with E-state index in [4.69, 9.17) is 0 Å². The molecule has 0 radical (unpaired) electrons. The van der Waals surface area contributed by atoms with E-state index in [1.54, 1.807) is 28.5 Å². The Morgan fingerprint density at radius 1 is 0.864 bits per heavy atom. The van der Waals surface area contributed by atoms with E-state index in [1.165, 1.54) is 36.4 Å². The number of imidazole rings is 1. The van der Waals surface area contributed by atoms with Gasteiger partial charge in [0.2, 0.25) is 0 Å². The van der Waals surface area contributed by atoms with Crippen LogP contribution in [0.3, 0.4) is 0 Å². The molecule has 0 aliphatic rings. The molecular formula is C16H15N2O4+. The summed E-state index contributed by atoms with van der Waals surface area (Å²) in [6, 6.07) is 8.48. The maximum Gasteiger partial charge on any atom is 0.263 e. The van der Waals surface area contributed by atoms with E-state index in [9.17, 15) is 20.4 Å². The number of rotatable bonds is 2. The smallest absolute Gasteiger partial charge is 0.263 e. The van der Waals surface area contributed by atoms with Gasteiger partial charge < -0.3 is 20.4 Å². The monoisotopic (exact) mass is 299 g/mol. The van der Waals surface area contributed by atoms with Crippen molar-refractivity contribution in [2.75, 3.05) is 0 Å². The van der Waals surface area contributed by atoms with E-state index in [-0.39, 0.29) is 23.0 Å². The molecule has 1 aromatic heterocycles. The third-order valence-electron chi connectivity index (χ3n) is 3.50. The van der Waals surface area contributed by atoms with Crippen LogP contribution in [0.2, 0.25) is 0 Å². The number of aromatic hydroxyl groups is 4. The highest BCUT2D eigenvalue weighted by Gasteiger charge is 2.21. The molecular weight excluding hydrogens is 284 g/mol. The molecule has 6 nitrogen and oxygen atoms in total. The standard InChI is InChI=1S/C16H14N2O4/c1-10-17(13-8-11(19)2-4-15(13)21)6-7-18(10)14-9-12(20)3-5-16(14)22/h2-9H,1H3,(H3-,19,20,21,22)/p+1. The molecule has 1 heterocycles. The first-order valence-electron chi connectivity index (χ1n) is 6.61. The molecule has 0 bridgehead atoms. The van der Waals surface area contributed by atoms with Gasteiger partial charge in [0, 0.05) is 19.1 Å². The highest BCUT2D eigenvalue weighted by Crippen LogP contribution is 2.28. The summed E-state index contributed by atoms with van der Waals surface area (Å²) in [5, 5.41) is 39.1. The molecule has 4 N–H and O–H groups in total. The molecule has 3 aromatic rings. The fraction of sp³-hybridized carbons (Fsp3) is 0.0625. The number of nitrogens with zero attached hydrogens (tertiary/aromatic N) is 2. The van der Waals surface area contributed by atoms with Crippen molar-refractivity contribution in [1.82, 2.24) is 4.57 Å². The van der Waals surface area contributed by atoms with Crippen LogP contribution < -0.4 is 4.57 Å². The number of hydrogen-bond donors (Lipinski definition) is 4. The Kier molecular flexibility index (Phi) is 3.14. The summed E-state index contributed by atoms with van der Waals surface area (Å²) in [5.41, 5.74) is 0.826. The summed E-state index contributed by atoms with van der Waals surface area (Å²) in [5.74, 6) is 0.773. The number of hydrogen-bond acceptors (Lipinski definition) is 4. The summed E-state index contributed by atoms with van der Waals surface area (Å²) in [6.07, 6.45) is 3.38. The lowest BCUT2D eigenvalue weighted by molar-refractivity contribution is -0.602. The topological polar surface area (TPSA) is 89.7 Å². The van der Waals surface area contributed by atoms with E-state index in [0.29, 0.717) is 17.2 Å². The van der Waals surface area contributed by atoms with Crippen LogP contribution in [-0.2, 0) is 0 Å². The normalized spacial score (nSPS) is 10.8. The molecule has 0 amide bonds. The van der Waals surface area contributed by atoms with Crippen LogP contribution in [0.25, 0.3) is 11.4 Å². The summed E-state index contributed by atoms with van der Waals surface area (Å²) < 4.78 is 3.33. The zero-order valence-corrected chi connectivity index (χ0v) is 11.8. The van der Waals surface area contributed by atoms with Crippen molar-refractivity contribution in [1.29, 1.82) is 0 Å². The van der Waals surface area contributed by atoms with Gasteiger partial charge in [0.15, 0.2) is 22.9 Å². The van der Waals surface area contributed by atoms with E-state index >= 15 is 0 Å². The quantitative estimate of drug-likeness (QED) is 0.430. The van der Waals surface area contributed by atoms with Crippen LogP contribution in [0.1, 0.15) is 5.82 Å².